The lowest BCUT2D eigenvalue weighted by Crippen LogP contribution is -2.43. The van der Waals surface area contributed by atoms with Crippen molar-refractivity contribution in [2.45, 2.75) is 65.1 Å². The third-order valence-corrected chi connectivity index (χ3v) is 12.0. The van der Waals surface area contributed by atoms with Crippen LogP contribution >= 0.6 is 0 Å². The zero-order chi connectivity index (χ0) is 20.2. The molecule has 0 heterocycles. The highest BCUT2D eigenvalue weighted by Crippen LogP contribution is 2.40. The Balaban J connectivity index is 2.55. The van der Waals surface area contributed by atoms with E-state index in [1.807, 2.05) is 37.3 Å². The van der Waals surface area contributed by atoms with Crippen LogP contribution in [0.25, 0.3) is 10.8 Å². The van der Waals surface area contributed by atoms with Gasteiger partial charge in [-0.15, -0.1) is 5.54 Å². The van der Waals surface area contributed by atoms with E-state index in [-0.39, 0.29) is 5.97 Å². The SMILES string of the molecule is CCOC(=O)c1ccc2c(C#C[Si](C(C)C)(C(C)C)C(C)C)cccc2c1. The van der Waals surface area contributed by atoms with Crippen molar-refractivity contribution in [2.24, 2.45) is 0 Å². The van der Waals surface area contributed by atoms with Gasteiger partial charge < -0.3 is 4.74 Å². The number of hydrogen-bond acceptors (Lipinski definition) is 2. The molecule has 0 aliphatic carbocycles. The molecule has 2 aromatic rings. The third kappa shape index (κ3) is 4.27. The molecule has 27 heavy (non-hydrogen) atoms. The quantitative estimate of drug-likeness (QED) is 0.332. The van der Waals surface area contributed by atoms with Crippen LogP contribution in [0.1, 0.15) is 64.4 Å². The molecule has 2 nitrogen and oxygen atoms in total. The highest BCUT2D eigenvalue weighted by molar-refractivity contribution is 6.90. The van der Waals surface area contributed by atoms with Gasteiger partial charge in [-0.1, -0.05) is 65.7 Å². The van der Waals surface area contributed by atoms with Crippen LogP contribution < -0.4 is 0 Å². The van der Waals surface area contributed by atoms with Gasteiger partial charge in [-0.25, -0.2) is 4.79 Å². The molecule has 0 unspecified atom stereocenters. The van der Waals surface area contributed by atoms with Crippen molar-refractivity contribution in [2.75, 3.05) is 6.61 Å². The van der Waals surface area contributed by atoms with Gasteiger partial charge in [0.05, 0.1) is 12.2 Å². The Morgan fingerprint density at radius 3 is 2.19 bits per heavy atom. The molecule has 0 aromatic heterocycles. The summed E-state index contributed by atoms with van der Waals surface area (Å²) in [5.41, 5.74) is 7.25. The Bertz CT molecular complexity index is 847. The Morgan fingerprint density at radius 2 is 1.63 bits per heavy atom. The van der Waals surface area contributed by atoms with Gasteiger partial charge in [-0.2, -0.15) is 0 Å². The molecule has 0 fully saturated rings. The third-order valence-electron chi connectivity index (χ3n) is 5.67. The van der Waals surface area contributed by atoms with E-state index in [4.69, 9.17) is 4.74 Å². The van der Waals surface area contributed by atoms with Crippen LogP contribution in [-0.4, -0.2) is 20.7 Å². The average molecular weight is 381 g/mol. The van der Waals surface area contributed by atoms with Crippen LogP contribution in [0.5, 0.6) is 0 Å². The summed E-state index contributed by atoms with van der Waals surface area (Å²) in [7, 11) is -1.77. The van der Waals surface area contributed by atoms with Crippen molar-refractivity contribution in [1.29, 1.82) is 0 Å². The van der Waals surface area contributed by atoms with E-state index in [1.165, 1.54) is 0 Å². The van der Waals surface area contributed by atoms with Crippen LogP contribution in [0.15, 0.2) is 36.4 Å². The van der Waals surface area contributed by atoms with Crippen LogP contribution in [0.2, 0.25) is 16.6 Å². The van der Waals surface area contributed by atoms with Crippen LogP contribution in [0.4, 0.5) is 0 Å². The molecular weight excluding hydrogens is 348 g/mol. The molecule has 0 aliphatic heterocycles. The molecule has 0 N–H and O–H groups in total. The monoisotopic (exact) mass is 380 g/mol. The maximum Gasteiger partial charge on any atom is 0.338 e. The zero-order valence-corrected chi connectivity index (χ0v) is 18.7. The minimum absolute atomic E-state index is 0.276. The number of hydrogen-bond donors (Lipinski definition) is 0. The van der Waals surface area contributed by atoms with Gasteiger partial charge in [0.2, 0.25) is 0 Å². The van der Waals surface area contributed by atoms with Gasteiger partial charge in [0.15, 0.2) is 0 Å². The van der Waals surface area contributed by atoms with Crippen LogP contribution in [0.3, 0.4) is 0 Å². The largest absolute Gasteiger partial charge is 0.462 e. The van der Waals surface area contributed by atoms with E-state index < -0.39 is 8.07 Å². The number of fused-ring (bicyclic) bond motifs is 1. The molecule has 0 radical (unpaired) electrons. The molecule has 2 aromatic carbocycles. The average Bonchev–Trinajstić information content (AvgIpc) is 2.61. The number of rotatable bonds is 5. The minimum Gasteiger partial charge on any atom is -0.462 e. The van der Waals surface area contributed by atoms with E-state index in [9.17, 15) is 4.79 Å². The first-order valence-electron chi connectivity index (χ1n) is 9.97. The number of benzene rings is 2. The van der Waals surface area contributed by atoms with Gasteiger partial charge in [0.1, 0.15) is 8.07 Å². The molecule has 2 rings (SSSR count). The number of carbonyl (C=O) groups excluding carboxylic acids is 1. The molecule has 0 saturated carbocycles. The lowest BCUT2D eigenvalue weighted by Gasteiger charge is -2.38. The second-order valence-electron chi connectivity index (χ2n) is 8.11. The first kappa shape index (κ1) is 21.2. The van der Waals surface area contributed by atoms with E-state index >= 15 is 0 Å². The van der Waals surface area contributed by atoms with Gasteiger partial charge in [0, 0.05) is 5.56 Å². The first-order valence-corrected chi connectivity index (χ1v) is 12.2. The maximum absolute atomic E-state index is 12.0. The van der Waals surface area contributed by atoms with Gasteiger partial charge >= 0.3 is 5.97 Å². The van der Waals surface area contributed by atoms with Gasteiger partial charge in [-0.3, -0.25) is 0 Å². The second-order valence-corrected chi connectivity index (χ2v) is 13.7. The molecule has 144 valence electrons. The number of carbonyl (C=O) groups is 1. The lowest BCUT2D eigenvalue weighted by molar-refractivity contribution is 0.0526. The lowest BCUT2D eigenvalue weighted by atomic mass is 10.0. The first-order chi connectivity index (χ1) is 12.7. The summed E-state index contributed by atoms with van der Waals surface area (Å²) in [5, 5.41) is 2.12. The van der Waals surface area contributed by atoms with Crippen molar-refractivity contribution in [3.63, 3.8) is 0 Å². The zero-order valence-electron chi connectivity index (χ0n) is 17.7. The Kier molecular flexibility index (Phi) is 6.89. The second kappa shape index (κ2) is 8.76. The van der Waals surface area contributed by atoms with Crippen LogP contribution in [-0.2, 0) is 4.74 Å². The standard InChI is InChI=1S/C24H32O2Si/c1-8-26-24(25)22-12-13-23-20(10-9-11-21(23)16-22)14-15-27(17(2)3,18(4)5)19(6)7/h9-13,16-19H,8H2,1-7H3. The molecule has 0 bridgehead atoms. The topological polar surface area (TPSA) is 26.3 Å². The van der Waals surface area contributed by atoms with Crippen molar-refractivity contribution in [1.82, 2.24) is 0 Å². The van der Waals surface area contributed by atoms with E-state index in [1.54, 1.807) is 0 Å². The summed E-state index contributed by atoms with van der Waals surface area (Å²) >= 11 is 0. The molecule has 0 aliphatic rings. The summed E-state index contributed by atoms with van der Waals surface area (Å²) in [6, 6.07) is 11.9. The van der Waals surface area contributed by atoms with Gasteiger partial charge in [-0.05, 0) is 52.5 Å². The summed E-state index contributed by atoms with van der Waals surface area (Å²) in [6.45, 7) is 16.2. The maximum atomic E-state index is 12.0. The molecule has 0 amide bonds. The number of ether oxygens (including phenoxy) is 1. The molecular formula is C24H32O2Si. The molecule has 3 heteroatoms. The van der Waals surface area contributed by atoms with Crippen LogP contribution in [0, 0.1) is 11.5 Å². The summed E-state index contributed by atoms with van der Waals surface area (Å²) in [4.78, 5) is 12.0. The highest BCUT2D eigenvalue weighted by Gasteiger charge is 2.41. The fourth-order valence-corrected chi connectivity index (χ4v) is 9.56. The van der Waals surface area contributed by atoms with Crippen molar-refractivity contribution >= 4 is 24.8 Å². The summed E-state index contributed by atoms with van der Waals surface area (Å²) in [6.07, 6.45) is 0. The van der Waals surface area contributed by atoms with E-state index in [0.717, 1.165) is 16.3 Å². The Hall–Kier alpha value is -2.05. The van der Waals surface area contributed by atoms with E-state index in [0.29, 0.717) is 28.8 Å². The Morgan fingerprint density at radius 1 is 1.00 bits per heavy atom. The molecule has 0 atom stereocenters. The predicted molar refractivity (Wildman–Crippen MR) is 118 cm³/mol. The molecule has 0 saturated heterocycles. The number of esters is 1. The van der Waals surface area contributed by atoms with Gasteiger partial charge in [0.25, 0.3) is 0 Å². The van der Waals surface area contributed by atoms with Crippen molar-refractivity contribution in [3.8, 4) is 11.5 Å². The molecule has 0 spiro atoms. The minimum atomic E-state index is -1.77. The summed E-state index contributed by atoms with van der Waals surface area (Å²) in [5.74, 6) is 3.27. The normalized spacial score (nSPS) is 11.8. The smallest absolute Gasteiger partial charge is 0.338 e. The fourth-order valence-electron chi connectivity index (χ4n) is 4.34. The van der Waals surface area contributed by atoms with Crippen molar-refractivity contribution in [3.05, 3.63) is 47.5 Å². The predicted octanol–water partition coefficient (Wildman–Crippen LogP) is 6.59. The fraction of sp³-hybridized carbons (Fsp3) is 0.458. The summed E-state index contributed by atoms with van der Waals surface area (Å²) < 4.78 is 5.12. The highest BCUT2D eigenvalue weighted by atomic mass is 28.3. The Labute approximate surface area is 165 Å². The van der Waals surface area contributed by atoms with E-state index in [2.05, 4.69) is 59.1 Å². The van der Waals surface area contributed by atoms with Crippen molar-refractivity contribution < 1.29 is 9.53 Å².